The summed E-state index contributed by atoms with van der Waals surface area (Å²) in [5.74, 6) is 2.27. The van der Waals surface area contributed by atoms with Crippen LogP contribution in [0, 0.1) is 0 Å². The van der Waals surface area contributed by atoms with Crippen LogP contribution in [-0.2, 0) is 13.5 Å². The first kappa shape index (κ1) is 16.1. The van der Waals surface area contributed by atoms with E-state index in [9.17, 15) is 0 Å². The number of rotatable bonds is 3. The average molecular weight is 241 g/mol. The Balaban J connectivity index is 0. The van der Waals surface area contributed by atoms with Crippen LogP contribution in [-0.4, -0.2) is 21.3 Å². The van der Waals surface area contributed by atoms with Crippen LogP contribution in [0.3, 0.4) is 0 Å². The van der Waals surface area contributed by atoms with Crippen molar-refractivity contribution < 1.29 is 0 Å². The highest BCUT2D eigenvalue weighted by Crippen LogP contribution is 2.08. The second-order valence-corrected chi connectivity index (χ2v) is 3.20. The van der Waals surface area contributed by atoms with Gasteiger partial charge >= 0.3 is 0 Å². The molecule has 1 aromatic rings. The Morgan fingerprint density at radius 3 is 2.29 bits per heavy atom. The summed E-state index contributed by atoms with van der Waals surface area (Å²) in [5.41, 5.74) is 5.43. The second-order valence-electron chi connectivity index (χ2n) is 3.20. The number of aromatic nitrogens is 3. The molecule has 1 aromatic heterocycles. The molecule has 0 saturated heterocycles. The van der Waals surface area contributed by atoms with Crippen LogP contribution < -0.4 is 5.73 Å². The van der Waals surface area contributed by atoms with E-state index in [-0.39, 0.29) is 24.8 Å². The van der Waals surface area contributed by atoms with Gasteiger partial charge < -0.3 is 5.73 Å². The molecule has 0 aromatic carbocycles. The van der Waals surface area contributed by atoms with Gasteiger partial charge in [-0.15, -0.1) is 24.8 Å². The lowest BCUT2D eigenvalue weighted by Gasteiger charge is -1.93. The number of hydrogen-bond acceptors (Lipinski definition) is 3. The van der Waals surface area contributed by atoms with Crippen molar-refractivity contribution in [1.82, 2.24) is 14.8 Å². The van der Waals surface area contributed by atoms with Crippen LogP contribution >= 0.6 is 24.8 Å². The van der Waals surface area contributed by atoms with Crippen molar-refractivity contribution in [2.24, 2.45) is 12.8 Å². The topological polar surface area (TPSA) is 56.7 Å². The van der Waals surface area contributed by atoms with Gasteiger partial charge in [0.25, 0.3) is 0 Å². The molecule has 0 unspecified atom stereocenters. The van der Waals surface area contributed by atoms with Crippen LogP contribution in [0.2, 0.25) is 0 Å². The van der Waals surface area contributed by atoms with E-state index in [1.54, 1.807) is 0 Å². The molecule has 6 heteroatoms. The highest BCUT2D eigenvalue weighted by Gasteiger charge is 2.08. The summed E-state index contributed by atoms with van der Waals surface area (Å²) in [6.07, 6.45) is 0.802. The van der Waals surface area contributed by atoms with Crippen LogP contribution in [0.4, 0.5) is 0 Å². The predicted octanol–water partition coefficient (Wildman–Crippen LogP) is 1.28. The van der Waals surface area contributed by atoms with Crippen LogP contribution in [0.15, 0.2) is 0 Å². The van der Waals surface area contributed by atoms with Crippen molar-refractivity contribution in [3.63, 3.8) is 0 Å². The fourth-order valence-corrected chi connectivity index (χ4v) is 1.03. The quantitative estimate of drug-likeness (QED) is 0.867. The summed E-state index contributed by atoms with van der Waals surface area (Å²) >= 11 is 0. The molecule has 0 atom stereocenters. The lowest BCUT2D eigenvalue weighted by atomic mass is 10.2. The number of aryl methyl sites for hydroxylation is 1. The standard InChI is InChI=1S/C8H16N4.2ClH/c1-6(2)8-10-7(4-5-9)12(3)11-8;;/h6H,4-5,9H2,1-3H3;2*1H. The van der Waals surface area contributed by atoms with Crippen molar-refractivity contribution in [2.45, 2.75) is 26.2 Å². The highest BCUT2D eigenvalue weighted by atomic mass is 35.5. The van der Waals surface area contributed by atoms with Gasteiger partial charge in [0.15, 0.2) is 5.82 Å². The molecule has 2 N–H and O–H groups in total. The van der Waals surface area contributed by atoms with Crippen LogP contribution in [0.25, 0.3) is 0 Å². The molecule has 0 aliphatic rings. The fourth-order valence-electron chi connectivity index (χ4n) is 1.03. The maximum absolute atomic E-state index is 5.43. The summed E-state index contributed by atoms with van der Waals surface area (Å²) in [7, 11) is 1.91. The van der Waals surface area contributed by atoms with Gasteiger partial charge in [-0.25, -0.2) is 4.98 Å². The zero-order valence-electron chi connectivity index (χ0n) is 8.73. The minimum absolute atomic E-state index is 0. The molecule has 14 heavy (non-hydrogen) atoms. The molecule has 0 bridgehead atoms. The highest BCUT2D eigenvalue weighted by molar-refractivity contribution is 5.85. The molecule has 0 amide bonds. The van der Waals surface area contributed by atoms with Gasteiger partial charge in [-0.05, 0) is 6.54 Å². The molecule has 0 aliphatic carbocycles. The Morgan fingerprint density at radius 2 is 1.93 bits per heavy atom. The van der Waals surface area contributed by atoms with Gasteiger partial charge in [0.05, 0.1) is 0 Å². The van der Waals surface area contributed by atoms with Crippen molar-refractivity contribution >= 4 is 24.8 Å². The van der Waals surface area contributed by atoms with Gasteiger partial charge in [0.1, 0.15) is 5.82 Å². The van der Waals surface area contributed by atoms with Crippen molar-refractivity contribution in [1.29, 1.82) is 0 Å². The molecule has 1 rings (SSSR count). The summed E-state index contributed by atoms with van der Waals surface area (Å²) in [5, 5.41) is 4.28. The molecule has 0 fully saturated rings. The SMILES string of the molecule is CC(C)c1nc(CCN)n(C)n1.Cl.Cl. The summed E-state index contributed by atoms with van der Waals surface area (Å²) in [4.78, 5) is 4.37. The zero-order chi connectivity index (χ0) is 9.14. The normalized spacial score (nSPS) is 9.50. The third-order valence-electron chi connectivity index (χ3n) is 1.75. The molecule has 84 valence electrons. The van der Waals surface area contributed by atoms with Crippen LogP contribution in [0.1, 0.15) is 31.4 Å². The molecule has 0 radical (unpaired) electrons. The lowest BCUT2D eigenvalue weighted by Crippen LogP contribution is -2.08. The Hall–Kier alpha value is -0.320. The summed E-state index contributed by atoms with van der Waals surface area (Å²) in [6.45, 7) is 4.80. The van der Waals surface area contributed by atoms with E-state index in [2.05, 4.69) is 23.9 Å². The summed E-state index contributed by atoms with van der Waals surface area (Å²) in [6, 6.07) is 0. The Morgan fingerprint density at radius 1 is 1.36 bits per heavy atom. The first-order chi connectivity index (χ1) is 5.65. The van der Waals surface area contributed by atoms with E-state index < -0.39 is 0 Å². The van der Waals surface area contributed by atoms with Crippen molar-refractivity contribution in [2.75, 3.05) is 6.54 Å². The van der Waals surface area contributed by atoms with Gasteiger partial charge in [-0.3, -0.25) is 4.68 Å². The lowest BCUT2D eigenvalue weighted by molar-refractivity contribution is 0.678. The predicted molar refractivity (Wildman–Crippen MR) is 62.3 cm³/mol. The number of nitrogens with two attached hydrogens (primary N) is 1. The van der Waals surface area contributed by atoms with E-state index in [4.69, 9.17) is 5.73 Å². The van der Waals surface area contributed by atoms with E-state index in [0.717, 1.165) is 18.1 Å². The minimum atomic E-state index is 0. The van der Waals surface area contributed by atoms with Gasteiger partial charge in [-0.2, -0.15) is 5.10 Å². The summed E-state index contributed by atoms with van der Waals surface area (Å²) < 4.78 is 1.81. The smallest absolute Gasteiger partial charge is 0.153 e. The Bertz CT molecular complexity index is 260. The molecule has 1 heterocycles. The van der Waals surface area contributed by atoms with Gasteiger partial charge in [0.2, 0.25) is 0 Å². The minimum Gasteiger partial charge on any atom is -0.330 e. The number of hydrogen-bond donors (Lipinski definition) is 1. The zero-order valence-corrected chi connectivity index (χ0v) is 10.4. The first-order valence-electron chi connectivity index (χ1n) is 4.25. The maximum Gasteiger partial charge on any atom is 0.153 e. The maximum atomic E-state index is 5.43. The molecule has 4 nitrogen and oxygen atoms in total. The molecule has 0 aliphatic heterocycles. The molecular weight excluding hydrogens is 223 g/mol. The number of halogens is 2. The molecular formula is C8H18Cl2N4. The third kappa shape index (κ3) is 3.82. The first-order valence-corrected chi connectivity index (χ1v) is 4.25. The largest absolute Gasteiger partial charge is 0.330 e. The molecule has 0 saturated carbocycles. The third-order valence-corrected chi connectivity index (χ3v) is 1.75. The van der Waals surface area contributed by atoms with Crippen molar-refractivity contribution in [3.05, 3.63) is 11.6 Å². The van der Waals surface area contributed by atoms with Gasteiger partial charge in [-0.1, -0.05) is 13.8 Å². The second kappa shape index (κ2) is 7.04. The van der Waals surface area contributed by atoms with Crippen LogP contribution in [0.5, 0.6) is 0 Å². The van der Waals surface area contributed by atoms with E-state index in [1.165, 1.54) is 0 Å². The molecule has 0 spiro atoms. The van der Waals surface area contributed by atoms with Crippen molar-refractivity contribution in [3.8, 4) is 0 Å². The van der Waals surface area contributed by atoms with E-state index in [1.807, 2.05) is 11.7 Å². The van der Waals surface area contributed by atoms with E-state index >= 15 is 0 Å². The Kier molecular flexibility index (Phi) is 8.10. The van der Waals surface area contributed by atoms with E-state index in [0.29, 0.717) is 12.5 Å². The monoisotopic (exact) mass is 240 g/mol. The van der Waals surface area contributed by atoms with Gasteiger partial charge in [0, 0.05) is 19.4 Å². The number of nitrogens with zero attached hydrogens (tertiary/aromatic N) is 3. The average Bonchev–Trinajstić information content (AvgIpc) is 2.34. The fraction of sp³-hybridized carbons (Fsp3) is 0.750. The Labute approximate surface area is 97.1 Å².